The van der Waals surface area contributed by atoms with Crippen molar-refractivity contribution in [3.8, 4) is 0 Å². The molecule has 1 aliphatic heterocycles. The third-order valence-corrected chi connectivity index (χ3v) is 4.66. The summed E-state index contributed by atoms with van der Waals surface area (Å²) < 4.78 is 15.7. The molecular formula is C17H20ClFN4O. The molecule has 2 aromatic rings. The number of benzene rings is 1. The van der Waals surface area contributed by atoms with Crippen molar-refractivity contribution in [2.45, 2.75) is 26.1 Å². The maximum Gasteiger partial charge on any atom is 0.273 e. The molecule has 128 valence electrons. The standard InChI is InChI=1S/C17H20ClFN4O/c1-11-16-20-15(17(24)21(2)3)10-23(16)7-6-22(11)9-12-4-5-13(18)14(19)8-12/h4-5,8,10-11H,6-7,9H2,1-3H3/t11-/m0/s1. The first kappa shape index (κ1) is 16.9. The Hall–Kier alpha value is -1.92. The summed E-state index contributed by atoms with van der Waals surface area (Å²) in [6, 6.07) is 4.92. The summed E-state index contributed by atoms with van der Waals surface area (Å²) in [5, 5.41) is 0.132. The molecule has 0 radical (unpaired) electrons. The van der Waals surface area contributed by atoms with Gasteiger partial charge in [0.15, 0.2) is 0 Å². The van der Waals surface area contributed by atoms with E-state index < -0.39 is 5.82 Å². The van der Waals surface area contributed by atoms with Crippen LogP contribution in [0.15, 0.2) is 24.4 Å². The van der Waals surface area contributed by atoms with Crippen molar-refractivity contribution in [2.75, 3.05) is 20.6 Å². The van der Waals surface area contributed by atoms with Crippen molar-refractivity contribution in [3.63, 3.8) is 0 Å². The van der Waals surface area contributed by atoms with Gasteiger partial charge < -0.3 is 9.47 Å². The first-order chi connectivity index (χ1) is 11.4. The summed E-state index contributed by atoms with van der Waals surface area (Å²) in [6.45, 7) is 4.22. The Morgan fingerprint density at radius 1 is 1.42 bits per heavy atom. The number of hydrogen-bond donors (Lipinski definition) is 0. The smallest absolute Gasteiger partial charge is 0.273 e. The van der Waals surface area contributed by atoms with Gasteiger partial charge >= 0.3 is 0 Å². The van der Waals surface area contributed by atoms with Crippen LogP contribution in [0.4, 0.5) is 4.39 Å². The van der Waals surface area contributed by atoms with Crippen molar-refractivity contribution in [1.82, 2.24) is 19.4 Å². The third kappa shape index (κ3) is 3.16. The molecule has 0 unspecified atom stereocenters. The number of aromatic nitrogens is 2. The second-order valence-corrected chi connectivity index (χ2v) is 6.68. The molecule has 1 atom stereocenters. The Morgan fingerprint density at radius 2 is 2.17 bits per heavy atom. The van der Waals surface area contributed by atoms with E-state index in [1.54, 1.807) is 20.2 Å². The van der Waals surface area contributed by atoms with Gasteiger partial charge in [-0.25, -0.2) is 9.37 Å². The quantitative estimate of drug-likeness (QED) is 0.854. The Morgan fingerprint density at radius 3 is 2.83 bits per heavy atom. The first-order valence-corrected chi connectivity index (χ1v) is 8.21. The summed E-state index contributed by atoms with van der Waals surface area (Å²) in [4.78, 5) is 20.3. The first-order valence-electron chi connectivity index (χ1n) is 7.83. The maximum absolute atomic E-state index is 13.6. The lowest BCUT2D eigenvalue weighted by molar-refractivity contribution is 0.0822. The number of amides is 1. The van der Waals surface area contributed by atoms with Crippen LogP contribution in [-0.2, 0) is 13.1 Å². The van der Waals surface area contributed by atoms with E-state index in [1.807, 2.05) is 23.8 Å². The zero-order valence-electron chi connectivity index (χ0n) is 14.0. The van der Waals surface area contributed by atoms with Crippen molar-refractivity contribution >= 4 is 17.5 Å². The van der Waals surface area contributed by atoms with E-state index in [0.29, 0.717) is 12.2 Å². The monoisotopic (exact) mass is 350 g/mol. The molecule has 0 spiro atoms. The minimum Gasteiger partial charge on any atom is -0.343 e. The molecule has 7 heteroatoms. The molecule has 0 saturated carbocycles. The molecule has 0 bridgehead atoms. The lowest BCUT2D eigenvalue weighted by Gasteiger charge is -2.33. The predicted octanol–water partition coefficient (Wildman–Crippen LogP) is 2.95. The highest BCUT2D eigenvalue weighted by atomic mass is 35.5. The van der Waals surface area contributed by atoms with E-state index in [-0.39, 0.29) is 17.0 Å². The van der Waals surface area contributed by atoms with Crippen LogP contribution in [0.25, 0.3) is 0 Å². The highest BCUT2D eigenvalue weighted by molar-refractivity contribution is 6.30. The summed E-state index contributed by atoms with van der Waals surface area (Å²) >= 11 is 5.74. The molecular weight excluding hydrogens is 331 g/mol. The Bertz CT molecular complexity index is 774. The van der Waals surface area contributed by atoms with E-state index in [2.05, 4.69) is 9.88 Å². The van der Waals surface area contributed by atoms with Crippen LogP contribution in [-0.4, -0.2) is 45.9 Å². The summed E-state index contributed by atoms with van der Waals surface area (Å²) in [5.41, 5.74) is 1.33. The van der Waals surface area contributed by atoms with Crippen molar-refractivity contribution in [1.29, 1.82) is 0 Å². The van der Waals surface area contributed by atoms with Crippen molar-refractivity contribution < 1.29 is 9.18 Å². The van der Waals surface area contributed by atoms with E-state index in [9.17, 15) is 9.18 Å². The lowest BCUT2D eigenvalue weighted by atomic mass is 10.1. The second kappa shape index (κ2) is 6.53. The number of rotatable bonds is 3. The number of carbonyl (C=O) groups excluding carboxylic acids is 1. The average Bonchev–Trinajstić information content (AvgIpc) is 2.97. The molecule has 0 fully saturated rings. The molecule has 1 aromatic carbocycles. The van der Waals surface area contributed by atoms with Gasteiger partial charge in [-0.3, -0.25) is 9.69 Å². The van der Waals surface area contributed by atoms with Gasteiger partial charge in [0.2, 0.25) is 0 Å². The minimum absolute atomic E-state index is 0.0428. The van der Waals surface area contributed by atoms with Gasteiger partial charge in [-0.1, -0.05) is 17.7 Å². The summed E-state index contributed by atoms with van der Waals surface area (Å²) in [6.07, 6.45) is 1.81. The number of carbonyl (C=O) groups is 1. The zero-order chi connectivity index (χ0) is 17.4. The number of imidazole rings is 1. The molecule has 24 heavy (non-hydrogen) atoms. The predicted molar refractivity (Wildman–Crippen MR) is 90.5 cm³/mol. The molecule has 1 amide bonds. The molecule has 5 nitrogen and oxygen atoms in total. The SMILES string of the molecule is C[C@H]1c2nc(C(=O)N(C)C)cn2CCN1Cc1ccc(Cl)c(F)c1. The van der Waals surface area contributed by atoms with Crippen molar-refractivity contribution in [2.24, 2.45) is 0 Å². The van der Waals surface area contributed by atoms with Crippen LogP contribution in [0.2, 0.25) is 5.02 Å². The molecule has 1 aromatic heterocycles. The third-order valence-electron chi connectivity index (χ3n) is 4.35. The molecule has 0 saturated heterocycles. The van der Waals surface area contributed by atoms with Gasteiger partial charge in [-0.2, -0.15) is 0 Å². The van der Waals surface area contributed by atoms with Gasteiger partial charge in [-0.05, 0) is 24.6 Å². The fraction of sp³-hybridized carbons (Fsp3) is 0.412. The fourth-order valence-corrected chi connectivity index (χ4v) is 3.07. The number of halogens is 2. The summed E-state index contributed by atoms with van der Waals surface area (Å²) in [5.74, 6) is 0.357. The van der Waals surface area contributed by atoms with E-state index in [4.69, 9.17) is 11.6 Å². The van der Waals surface area contributed by atoms with Crippen LogP contribution in [0.1, 0.15) is 34.8 Å². The van der Waals surface area contributed by atoms with Gasteiger partial charge in [0, 0.05) is 39.9 Å². The van der Waals surface area contributed by atoms with Crippen LogP contribution in [0.3, 0.4) is 0 Å². The largest absolute Gasteiger partial charge is 0.343 e. The van der Waals surface area contributed by atoms with E-state index >= 15 is 0 Å². The van der Waals surface area contributed by atoms with Crippen LogP contribution >= 0.6 is 11.6 Å². The number of nitrogens with zero attached hydrogens (tertiary/aromatic N) is 4. The number of hydrogen-bond acceptors (Lipinski definition) is 3. The Labute approximate surface area is 145 Å². The second-order valence-electron chi connectivity index (χ2n) is 6.27. The molecule has 3 rings (SSSR count). The van der Waals surface area contributed by atoms with Gasteiger partial charge in [0.25, 0.3) is 5.91 Å². The highest BCUT2D eigenvalue weighted by Gasteiger charge is 2.28. The zero-order valence-corrected chi connectivity index (χ0v) is 14.7. The van der Waals surface area contributed by atoms with E-state index in [1.165, 1.54) is 11.0 Å². The van der Waals surface area contributed by atoms with Crippen molar-refractivity contribution in [3.05, 3.63) is 52.3 Å². The normalized spacial score (nSPS) is 17.6. The fourth-order valence-electron chi connectivity index (χ4n) is 2.96. The topological polar surface area (TPSA) is 41.4 Å². The maximum atomic E-state index is 13.6. The average molecular weight is 351 g/mol. The van der Waals surface area contributed by atoms with Crippen LogP contribution in [0, 0.1) is 5.82 Å². The molecule has 2 heterocycles. The highest BCUT2D eigenvalue weighted by Crippen LogP contribution is 2.27. The molecule has 1 aliphatic rings. The molecule has 0 aliphatic carbocycles. The minimum atomic E-state index is -0.404. The van der Waals surface area contributed by atoms with E-state index in [0.717, 1.165) is 24.5 Å². The Kier molecular flexibility index (Phi) is 4.60. The number of fused-ring (bicyclic) bond motifs is 1. The van der Waals surface area contributed by atoms with Crippen LogP contribution in [0.5, 0.6) is 0 Å². The summed E-state index contributed by atoms with van der Waals surface area (Å²) in [7, 11) is 3.43. The Balaban J connectivity index is 1.80. The molecule has 0 N–H and O–H groups in total. The van der Waals surface area contributed by atoms with Gasteiger partial charge in [0.05, 0.1) is 11.1 Å². The van der Waals surface area contributed by atoms with Gasteiger partial charge in [-0.15, -0.1) is 0 Å². The van der Waals surface area contributed by atoms with Crippen LogP contribution < -0.4 is 0 Å². The lowest BCUT2D eigenvalue weighted by Crippen LogP contribution is -2.36. The van der Waals surface area contributed by atoms with Gasteiger partial charge in [0.1, 0.15) is 17.3 Å².